The lowest BCUT2D eigenvalue weighted by Crippen LogP contribution is -2.40. The van der Waals surface area contributed by atoms with Gasteiger partial charge in [0.2, 0.25) is 0 Å². The standard InChI is InChI=1S/C45H85NO5Si/c1-8-9-10-11-12-13-14-15-16-17-18-19-20-21-24-33-45(49-41-34-44(5)32-28-31-43(4)30-27-29-42(2)3)51-52(6,7)50-40-26-23-22-25-35-46(36-38-47)37-39-48/h12-13,15-16,29,31,34,45,47-48H,8-11,14,17-28,30,32-33,35-41H2,1-7H3/b13-12-,16-15-,43-31+,44-34+. The van der Waals surface area contributed by atoms with Crippen molar-refractivity contribution in [2.24, 2.45) is 0 Å². The van der Waals surface area contributed by atoms with Gasteiger partial charge in [0.25, 0.3) is 0 Å². The topological polar surface area (TPSA) is 71.4 Å². The Labute approximate surface area is 324 Å². The van der Waals surface area contributed by atoms with E-state index in [1.165, 1.54) is 74.5 Å². The predicted octanol–water partition coefficient (Wildman–Crippen LogP) is 12.1. The van der Waals surface area contributed by atoms with Gasteiger partial charge in [-0.25, -0.2) is 0 Å². The molecule has 0 aromatic rings. The summed E-state index contributed by atoms with van der Waals surface area (Å²) < 4.78 is 19.3. The number of allylic oxidation sites excluding steroid dienone is 9. The van der Waals surface area contributed by atoms with Gasteiger partial charge in [0.1, 0.15) is 6.29 Å². The predicted molar refractivity (Wildman–Crippen MR) is 228 cm³/mol. The zero-order valence-electron chi connectivity index (χ0n) is 35.3. The van der Waals surface area contributed by atoms with Crippen LogP contribution in [-0.2, 0) is 13.6 Å². The molecule has 304 valence electrons. The Balaban J connectivity index is 4.70. The molecule has 0 aliphatic carbocycles. The van der Waals surface area contributed by atoms with E-state index < -0.39 is 8.56 Å². The highest BCUT2D eigenvalue weighted by atomic mass is 28.4. The van der Waals surface area contributed by atoms with Gasteiger partial charge >= 0.3 is 8.56 Å². The molecule has 0 aliphatic rings. The zero-order valence-corrected chi connectivity index (χ0v) is 36.3. The summed E-state index contributed by atoms with van der Waals surface area (Å²) in [5.74, 6) is 0. The molecule has 52 heavy (non-hydrogen) atoms. The minimum atomic E-state index is -2.35. The molecule has 6 nitrogen and oxygen atoms in total. The first kappa shape index (κ1) is 50.7. The van der Waals surface area contributed by atoms with Gasteiger partial charge in [-0.2, -0.15) is 0 Å². The Bertz CT molecular complexity index is 947. The van der Waals surface area contributed by atoms with Crippen molar-refractivity contribution in [3.05, 3.63) is 59.3 Å². The van der Waals surface area contributed by atoms with Gasteiger partial charge in [0.15, 0.2) is 0 Å². The number of hydrogen-bond acceptors (Lipinski definition) is 6. The van der Waals surface area contributed by atoms with E-state index in [-0.39, 0.29) is 19.5 Å². The van der Waals surface area contributed by atoms with Gasteiger partial charge in [-0.1, -0.05) is 111 Å². The lowest BCUT2D eigenvalue weighted by molar-refractivity contribution is -0.0939. The molecule has 0 saturated heterocycles. The molecule has 2 N–H and O–H groups in total. The Morgan fingerprint density at radius 3 is 1.87 bits per heavy atom. The highest BCUT2D eigenvalue weighted by Crippen LogP contribution is 2.19. The van der Waals surface area contributed by atoms with Crippen molar-refractivity contribution < 1.29 is 23.8 Å². The van der Waals surface area contributed by atoms with Gasteiger partial charge in [0.05, 0.1) is 19.8 Å². The normalized spacial score (nSPS) is 13.7. The molecule has 1 atom stereocenters. The van der Waals surface area contributed by atoms with Crippen LogP contribution in [0.1, 0.15) is 163 Å². The molecule has 0 fully saturated rings. The van der Waals surface area contributed by atoms with E-state index in [2.05, 4.69) is 95.1 Å². The molecular weight excluding hydrogens is 663 g/mol. The summed E-state index contributed by atoms with van der Waals surface area (Å²) in [5, 5.41) is 18.4. The first-order chi connectivity index (χ1) is 25.1. The van der Waals surface area contributed by atoms with E-state index in [1.807, 2.05) is 0 Å². The lowest BCUT2D eigenvalue weighted by atomic mass is 10.1. The second kappa shape index (κ2) is 36.6. The molecular formula is C45H85NO5Si. The molecule has 0 bridgehead atoms. The molecule has 0 aromatic heterocycles. The first-order valence-electron chi connectivity index (χ1n) is 21.3. The molecule has 0 rings (SSSR count). The van der Waals surface area contributed by atoms with Gasteiger partial charge in [0, 0.05) is 19.7 Å². The number of unbranched alkanes of at least 4 members (excludes halogenated alkanes) is 11. The van der Waals surface area contributed by atoms with Gasteiger partial charge in [-0.05, 0) is 131 Å². The molecule has 0 amide bonds. The van der Waals surface area contributed by atoms with Crippen LogP contribution < -0.4 is 0 Å². The number of nitrogens with zero attached hydrogens (tertiary/aromatic N) is 1. The fourth-order valence-corrected chi connectivity index (χ4v) is 7.54. The zero-order chi connectivity index (χ0) is 38.5. The molecule has 0 radical (unpaired) electrons. The summed E-state index contributed by atoms with van der Waals surface area (Å²) in [6.45, 7) is 19.1. The van der Waals surface area contributed by atoms with Gasteiger partial charge < -0.3 is 23.8 Å². The third-order valence-corrected chi connectivity index (χ3v) is 11.0. The average molecular weight is 748 g/mol. The fourth-order valence-electron chi connectivity index (χ4n) is 6.01. The maximum atomic E-state index is 9.21. The van der Waals surface area contributed by atoms with Crippen molar-refractivity contribution in [3.8, 4) is 0 Å². The highest BCUT2D eigenvalue weighted by molar-refractivity contribution is 6.64. The number of aliphatic hydroxyl groups excluding tert-OH is 2. The van der Waals surface area contributed by atoms with Crippen molar-refractivity contribution in [2.45, 2.75) is 182 Å². The molecule has 0 spiro atoms. The minimum Gasteiger partial charge on any atom is -0.395 e. The number of hydrogen-bond donors (Lipinski definition) is 2. The van der Waals surface area contributed by atoms with E-state index >= 15 is 0 Å². The molecule has 1 unspecified atom stereocenters. The quantitative estimate of drug-likeness (QED) is 0.0285. The number of rotatable bonds is 37. The maximum absolute atomic E-state index is 9.21. The number of aliphatic hydroxyl groups is 2. The van der Waals surface area contributed by atoms with Gasteiger partial charge in [-0.3, -0.25) is 4.90 Å². The Morgan fingerprint density at radius 1 is 0.635 bits per heavy atom. The first-order valence-corrected chi connectivity index (χ1v) is 24.1. The largest absolute Gasteiger partial charge is 0.395 e. The summed E-state index contributed by atoms with van der Waals surface area (Å²) in [7, 11) is -2.35. The van der Waals surface area contributed by atoms with Crippen LogP contribution in [-0.4, -0.2) is 76.0 Å². The van der Waals surface area contributed by atoms with Crippen molar-refractivity contribution in [2.75, 3.05) is 46.1 Å². The van der Waals surface area contributed by atoms with Crippen molar-refractivity contribution >= 4 is 8.56 Å². The van der Waals surface area contributed by atoms with E-state index in [9.17, 15) is 10.2 Å². The second-order valence-corrected chi connectivity index (χ2v) is 18.6. The third-order valence-electron chi connectivity index (χ3n) is 9.29. The van der Waals surface area contributed by atoms with Crippen molar-refractivity contribution in [1.29, 1.82) is 0 Å². The molecule has 0 saturated carbocycles. The summed E-state index contributed by atoms with van der Waals surface area (Å²) in [5.41, 5.74) is 4.24. The minimum absolute atomic E-state index is 0.137. The Kier molecular flexibility index (Phi) is 35.7. The number of ether oxygens (including phenoxy) is 1. The lowest BCUT2D eigenvalue weighted by Gasteiger charge is -2.29. The summed E-state index contributed by atoms with van der Waals surface area (Å²) in [4.78, 5) is 2.12. The van der Waals surface area contributed by atoms with Crippen LogP contribution in [0.5, 0.6) is 0 Å². The van der Waals surface area contributed by atoms with Crippen LogP contribution in [0.2, 0.25) is 13.1 Å². The summed E-state index contributed by atoms with van der Waals surface area (Å²) in [6, 6.07) is 0. The molecule has 0 aromatic carbocycles. The molecule has 0 aliphatic heterocycles. The summed E-state index contributed by atoms with van der Waals surface area (Å²) >= 11 is 0. The summed E-state index contributed by atoms with van der Waals surface area (Å²) in [6.07, 6.45) is 39.2. The second-order valence-electron chi connectivity index (χ2n) is 15.3. The Morgan fingerprint density at radius 2 is 1.21 bits per heavy atom. The fraction of sp³-hybridized carbons (Fsp3) is 0.778. The van der Waals surface area contributed by atoms with Crippen LogP contribution in [0.4, 0.5) is 0 Å². The van der Waals surface area contributed by atoms with Crippen LogP contribution in [0.15, 0.2) is 59.3 Å². The Hall–Kier alpha value is -1.32. The van der Waals surface area contributed by atoms with Crippen molar-refractivity contribution in [3.63, 3.8) is 0 Å². The SMILES string of the molecule is CCCCC/C=C\C/C=C\CCCCCCCC(OC/C=C(\C)CC/C=C(\C)CCC=C(C)C)O[Si](C)(C)OCCCCCCN(CCO)CCO. The van der Waals surface area contributed by atoms with Crippen LogP contribution in [0, 0.1) is 0 Å². The van der Waals surface area contributed by atoms with Crippen molar-refractivity contribution in [1.82, 2.24) is 4.90 Å². The molecule has 7 heteroatoms. The average Bonchev–Trinajstić information content (AvgIpc) is 3.09. The monoisotopic (exact) mass is 748 g/mol. The van der Waals surface area contributed by atoms with Gasteiger partial charge in [-0.15, -0.1) is 0 Å². The highest BCUT2D eigenvalue weighted by Gasteiger charge is 2.29. The van der Waals surface area contributed by atoms with E-state index in [0.717, 1.165) is 77.2 Å². The van der Waals surface area contributed by atoms with Crippen LogP contribution >= 0.6 is 0 Å². The molecule has 0 heterocycles. The maximum Gasteiger partial charge on any atom is 0.333 e. The van der Waals surface area contributed by atoms with E-state index in [1.54, 1.807) is 0 Å². The third kappa shape index (κ3) is 35.7. The van der Waals surface area contributed by atoms with Crippen LogP contribution in [0.3, 0.4) is 0 Å². The van der Waals surface area contributed by atoms with E-state index in [4.69, 9.17) is 13.6 Å². The smallest absolute Gasteiger partial charge is 0.333 e. The van der Waals surface area contributed by atoms with Crippen LogP contribution in [0.25, 0.3) is 0 Å². The van der Waals surface area contributed by atoms with E-state index in [0.29, 0.717) is 26.3 Å².